The molecule has 2 rings (SSSR count). The van der Waals surface area contributed by atoms with Crippen LogP contribution in [0.25, 0.3) is 12.2 Å². The van der Waals surface area contributed by atoms with Gasteiger partial charge < -0.3 is 24.8 Å². The molecule has 2 aromatic carbocycles. The zero-order chi connectivity index (χ0) is 21.1. The van der Waals surface area contributed by atoms with Gasteiger partial charge in [-0.15, -0.1) is 0 Å². The van der Waals surface area contributed by atoms with Gasteiger partial charge in [-0.3, -0.25) is 0 Å². The van der Waals surface area contributed by atoms with E-state index in [1.54, 1.807) is 6.08 Å². The van der Waals surface area contributed by atoms with E-state index in [1.807, 2.05) is 30.3 Å². The number of rotatable bonds is 9. The number of phenols is 2. The maximum Gasteiger partial charge on any atom is 0.330 e. The molecule has 0 spiro atoms. The van der Waals surface area contributed by atoms with Gasteiger partial charge >= 0.3 is 11.9 Å². The van der Waals surface area contributed by atoms with Crippen LogP contribution in [-0.4, -0.2) is 47.1 Å². The number of benzene rings is 2. The lowest BCUT2D eigenvalue weighted by Crippen LogP contribution is -2.22. The van der Waals surface area contributed by atoms with Crippen molar-refractivity contribution >= 4 is 24.1 Å². The molecule has 0 saturated heterocycles. The third kappa shape index (κ3) is 7.90. The fraction of sp³-hybridized carbons (Fsp3) is 0.182. The van der Waals surface area contributed by atoms with E-state index in [0.29, 0.717) is 5.56 Å². The second-order valence-corrected chi connectivity index (χ2v) is 6.13. The van der Waals surface area contributed by atoms with Crippen molar-refractivity contribution in [3.8, 4) is 11.5 Å². The van der Waals surface area contributed by atoms with Crippen LogP contribution >= 0.6 is 0 Å². The first-order valence-corrected chi connectivity index (χ1v) is 8.85. The Kier molecular flexibility index (Phi) is 8.47. The molecule has 0 heterocycles. The van der Waals surface area contributed by atoms with Gasteiger partial charge in [-0.1, -0.05) is 36.4 Å². The van der Waals surface area contributed by atoms with Crippen molar-refractivity contribution in [1.82, 2.24) is 0 Å². The summed E-state index contributed by atoms with van der Waals surface area (Å²) in [5.41, 5.74) is 1.35. The Bertz CT molecular complexity index is 872. The van der Waals surface area contributed by atoms with Crippen molar-refractivity contribution in [3.63, 3.8) is 0 Å². The number of aromatic hydroxyl groups is 2. The molecule has 2 aromatic rings. The molecule has 7 heteroatoms. The van der Waals surface area contributed by atoms with Crippen LogP contribution in [0.5, 0.6) is 11.5 Å². The number of hydrogen-bond acceptors (Lipinski definition) is 7. The summed E-state index contributed by atoms with van der Waals surface area (Å²) < 4.78 is 10.1. The first-order valence-electron chi connectivity index (χ1n) is 8.85. The predicted octanol–water partition coefficient (Wildman–Crippen LogP) is 2.52. The summed E-state index contributed by atoms with van der Waals surface area (Å²) in [6.07, 6.45) is 5.45. The fourth-order valence-corrected chi connectivity index (χ4v) is 2.19. The molecule has 0 aromatic heterocycles. The first-order chi connectivity index (χ1) is 14.0. The van der Waals surface area contributed by atoms with Gasteiger partial charge in [0.05, 0.1) is 25.7 Å². The van der Waals surface area contributed by atoms with Gasteiger partial charge in [0.25, 0.3) is 0 Å². The summed E-state index contributed by atoms with van der Waals surface area (Å²) in [4.78, 5) is 23.5. The molecule has 0 radical (unpaired) electrons. The molecule has 0 saturated carbocycles. The van der Waals surface area contributed by atoms with Crippen molar-refractivity contribution in [2.45, 2.75) is 0 Å². The molecule has 1 atom stereocenters. The van der Waals surface area contributed by atoms with Crippen LogP contribution in [0.2, 0.25) is 0 Å². The summed E-state index contributed by atoms with van der Waals surface area (Å²) in [6, 6.07) is 13.3. The van der Waals surface area contributed by atoms with Crippen molar-refractivity contribution in [3.05, 3.63) is 71.8 Å². The van der Waals surface area contributed by atoms with Crippen LogP contribution in [0.1, 0.15) is 11.1 Å². The highest BCUT2D eigenvalue weighted by Gasteiger charge is 2.12. The molecule has 3 N–H and O–H groups in total. The van der Waals surface area contributed by atoms with Crippen molar-refractivity contribution in [1.29, 1.82) is 0 Å². The quantitative estimate of drug-likeness (QED) is 0.338. The molecule has 152 valence electrons. The van der Waals surface area contributed by atoms with Crippen molar-refractivity contribution in [2.24, 2.45) is 5.92 Å². The summed E-state index contributed by atoms with van der Waals surface area (Å²) in [5.74, 6) is -2.34. The zero-order valence-electron chi connectivity index (χ0n) is 15.6. The number of phenolic OH excluding ortho intramolecular Hbond substituents is 2. The molecular formula is C22H22O7. The topological polar surface area (TPSA) is 113 Å². The summed E-state index contributed by atoms with van der Waals surface area (Å²) >= 11 is 0. The standard InChI is InChI=1S/C22H22O7/c23-13-18(14-28-21(26)10-7-16-4-2-1-3-5-16)15-29-22(27)11-8-17-6-9-19(24)20(25)12-17/h1-12,18,23-25H,13-15H2/b10-7+,11-8+. The van der Waals surface area contributed by atoms with E-state index in [0.717, 1.165) is 11.6 Å². The van der Waals surface area contributed by atoms with Gasteiger partial charge in [-0.25, -0.2) is 9.59 Å². The monoisotopic (exact) mass is 398 g/mol. The van der Waals surface area contributed by atoms with E-state index < -0.39 is 17.9 Å². The number of carbonyl (C=O) groups excluding carboxylic acids is 2. The van der Waals surface area contributed by atoms with Gasteiger partial charge in [0, 0.05) is 12.2 Å². The first kappa shape index (κ1) is 21.7. The summed E-state index contributed by atoms with van der Waals surface area (Å²) in [6.45, 7) is -0.550. The van der Waals surface area contributed by atoms with E-state index in [-0.39, 0.29) is 31.3 Å². The minimum atomic E-state index is -0.661. The molecule has 7 nitrogen and oxygen atoms in total. The normalized spacial score (nSPS) is 12.2. The highest BCUT2D eigenvalue weighted by atomic mass is 16.5. The highest BCUT2D eigenvalue weighted by Crippen LogP contribution is 2.25. The Hall–Kier alpha value is -3.58. The van der Waals surface area contributed by atoms with Crippen molar-refractivity contribution < 1.29 is 34.4 Å². The average molecular weight is 398 g/mol. The van der Waals surface area contributed by atoms with Gasteiger partial charge in [-0.2, -0.15) is 0 Å². The zero-order valence-corrected chi connectivity index (χ0v) is 15.6. The SMILES string of the molecule is O=C(/C=C/c1ccccc1)OCC(CO)COC(=O)/C=C/c1ccc(O)c(O)c1. The molecule has 0 bridgehead atoms. The summed E-state index contributed by atoms with van der Waals surface area (Å²) in [7, 11) is 0. The Morgan fingerprint density at radius 3 is 1.97 bits per heavy atom. The third-order valence-corrected chi connectivity index (χ3v) is 3.80. The van der Waals surface area contributed by atoms with E-state index in [1.165, 1.54) is 30.4 Å². The number of hydrogen-bond donors (Lipinski definition) is 3. The largest absolute Gasteiger partial charge is 0.504 e. The van der Waals surface area contributed by atoms with E-state index in [9.17, 15) is 24.9 Å². The number of aliphatic hydroxyl groups is 1. The molecular weight excluding hydrogens is 376 g/mol. The lowest BCUT2D eigenvalue weighted by Gasteiger charge is -2.13. The number of esters is 2. The lowest BCUT2D eigenvalue weighted by atomic mass is 10.2. The van der Waals surface area contributed by atoms with Gasteiger partial charge in [0.2, 0.25) is 0 Å². The fourth-order valence-electron chi connectivity index (χ4n) is 2.19. The second-order valence-electron chi connectivity index (χ2n) is 6.13. The van der Waals surface area contributed by atoms with E-state index in [4.69, 9.17) is 9.47 Å². The molecule has 1 unspecified atom stereocenters. The minimum Gasteiger partial charge on any atom is -0.504 e. The van der Waals surface area contributed by atoms with Crippen LogP contribution in [0, 0.1) is 5.92 Å². The highest BCUT2D eigenvalue weighted by molar-refractivity contribution is 5.87. The Balaban J connectivity index is 1.75. The van der Waals surface area contributed by atoms with E-state index >= 15 is 0 Å². The third-order valence-electron chi connectivity index (χ3n) is 3.80. The van der Waals surface area contributed by atoms with Gasteiger partial charge in [-0.05, 0) is 35.4 Å². The second kappa shape index (κ2) is 11.3. The van der Waals surface area contributed by atoms with Crippen LogP contribution < -0.4 is 0 Å². The number of ether oxygens (including phenoxy) is 2. The Labute approximate surface area is 168 Å². The van der Waals surface area contributed by atoms with E-state index in [2.05, 4.69) is 0 Å². The summed E-state index contributed by atoms with van der Waals surface area (Å²) in [5, 5.41) is 28.0. The molecule has 0 fully saturated rings. The molecule has 29 heavy (non-hydrogen) atoms. The van der Waals surface area contributed by atoms with Gasteiger partial charge in [0.15, 0.2) is 11.5 Å². The van der Waals surface area contributed by atoms with Crippen LogP contribution in [0.15, 0.2) is 60.7 Å². The maximum absolute atomic E-state index is 11.8. The predicted molar refractivity (Wildman–Crippen MR) is 107 cm³/mol. The van der Waals surface area contributed by atoms with Crippen LogP contribution in [0.3, 0.4) is 0 Å². The van der Waals surface area contributed by atoms with Crippen molar-refractivity contribution in [2.75, 3.05) is 19.8 Å². The Morgan fingerprint density at radius 1 is 0.828 bits per heavy atom. The smallest absolute Gasteiger partial charge is 0.330 e. The van der Waals surface area contributed by atoms with Crippen LogP contribution in [-0.2, 0) is 19.1 Å². The lowest BCUT2D eigenvalue weighted by molar-refractivity contribution is -0.143. The number of aliphatic hydroxyl groups excluding tert-OH is 1. The van der Waals surface area contributed by atoms with Crippen LogP contribution in [0.4, 0.5) is 0 Å². The average Bonchev–Trinajstić information content (AvgIpc) is 2.74. The molecule has 0 amide bonds. The van der Waals surface area contributed by atoms with Gasteiger partial charge in [0.1, 0.15) is 0 Å². The molecule has 0 aliphatic carbocycles. The maximum atomic E-state index is 11.8. The molecule has 0 aliphatic rings. The minimum absolute atomic E-state index is 0.0999. The number of carbonyl (C=O) groups is 2. The molecule has 0 aliphatic heterocycles. The Morgan fingerprint density at radius 2 is 1.41 bits per heavy atom.